The van der Waals surface area contributed by atoms with Crippen molar-refractivity contribution in [2.24, 2.45) is 17.8 Å². The van der Waals surface area contributed by atoms with Crippen LogP contribution in [-0.4, -0.2) is 15.2 Å². The second-order valence-electron chi connectivity index (χ2n) is 7.18. The van der Waals surface area contributed by atoms with E-state index in [-0.39, 0.29) is 5.92 Å². The SMILES string of the molecule is O=C1C2CCC(C2)C1Cc1c(C2CC2)ccc2cncn12. The molecule has 3 saturated carbocycles. The number of carbonyl (C=O) groups excluding carboxylic acids is 1. The first-order valence-electron chi connectivity index (χ1n) is 8.29. The molecule has 0 spiro atoms. The lowest BCUT2D eigenvalue weighted by Gasteiger charge is -2.22. The van der Waals surface area contributed by atoms with Crippen LogP contribution in [0, 0.1) is 17.8 Å². The molecule has 3 fully saturated rings. The van der Waals surface area contributed by atoms with Crippen molar-refractivity contribution in [1.29, 1.82) is 0 Å². The molecule has 5 rings (SSSR count). The number of ketones is 1. The van der Waals surface area contributed by atoms with Gasteiger partial charge in [-0.2, -0.15) is 0 Å². The fourth-order valence-electron chi connectivity index (χ4n) is 4.70. The number of Topliss-reactive ketones (excluding diaryl/α,β-unsaturated/α-hetero) is 1. The molecule has 2 heterocycles. The summed E-state index contributed by atoms with van der Waals surface area (Å²) in [6.45, 7) is 0. The highest BCUT2D eigenvalue weighted by molar-refractivity contribution is 5.87. The van der Waals surface area contributed by atoms with E-state index in [9.17, 15) is 4.79 Å². The van der Waals surface area contributed by atoms with Crippen molar-refractivity contribution in [3.63, 3.8) is 0 Å². The number of nitrogens with zero attached hydrogens (tertiary/aromatic N) is 2. The molecule has 21 heavy (non-hydrogen) atoms. The molecule has 3 unspecified atom stereocenters. The van der Waals surface area contributed by atoms with Gasteiger partial charge in [-0.3, -0.25) is 4.79 Å². The third-order valence-corrected chi connectivity index (χ3v) is 5.97. The number of fused-ring (bicyclic) bond motifs is 3. The summed E-state index contributed by atoms with van der Waals surface area (Å²) in [5.74, 6) is 2.57. The summed E-state index contributed by atoms with van der Waals surface area (Å²) < 4.78 is 2.23. The maximum Gasteiger partial charge on any atom is 0.139 e. The van der Waals surface area contributed by atoms with E-state index < -0.39 is 0 Å². The Morgan fingerprint density at radius 3 is 2.76 bits per heavy atom. The molecular formula is C18H20N2O. The maximum atomic E-state index is 12.5. The first-order valence-corrected chi connectivity index (χ1v) is 8.29. The van der Waals surface area contributed by atoms with E-state index in [1.54, 1.807) is 0 Å². The van der Waals surface area contributed by atoms with E-state index in [1.165, 1.54) is 30.5 Å². The van der Waals surface area contributed by atoms with Crippen molar-refractivity contribution < 1.29 is 4.79 Å². The zero-order valence-corrected chi connectivity index (χ0v) is 12.2. The highest BCUT2D eigenvalue weighted by Crippen LogP contribution is 2.48. The Labute approximate surface area is 124 Å². The van der Waals surface area contributed by atoms with Gasteiger partial charge in [0.1, 0.15) is 5.78 Å². The van der Waals surface area contributed by atoms with Gasteiger partial charge in [-0.15, -0.1) is 0 Å². The Bertz CT molecular complexity index is 728. The first kappa shape index (κ1) is 12.0. The molecule has 3 nitrogen and oxygen atoms in total. The largest absolute Gasteiger partial charge is 0.303 e. The summed E-state index contributed by atoms with van der Waals surface area (Å²) in [4.78, 5) is 16.8. The van der Waals surface area contributed by atoms with Crippen molar-refractivity contribution in [1.82, 2.24) is 9.38 Å². The average Bonchev–Trinajstić information content (AvgIpc) is 2.94. The molecule has 3 aliphatic carbocycles. The van der Waals surface area contributed by atoms with Gasteiger partial charge < -0.3 is 4.40 Å². The molecule has 0 N–H and O–H groups in total. The van der Waals surface area contributed by atoms with Gasteiger partial charge in [0.05, 0.1) is 18.0 Å². The molecule has 3 heteroatoms. The van der Waals surface area contributed by atoms with Crippen LogP contribution in [-0.2, 0) is 11.2 Å². The third kappa shape index (κ3) is 1.73. The fraction of sp³-hybridized carbons (Fsp3) is 0.556. The van der Waals surface area contributed by atoms with E-state index in [0.717, 1.165) is 30.7 Å². The maximum absolute atomic E-state index is 12.5. The van der Waals surface area contributed by atoms with Gasteiger partial charge in [-0.05, 0) is 62.0 Å². The summed E-state index contributed by atoms with van der Waals surface area (Å²) in [5.41, 5.74) is 3.99. The minimum absolute atomic E-state index is 0.272. The molecule has 3 aliphatic rings. The summed E-state index contributed by atoms with van der Waals surface area (Å²) >= 11 is 0. The second kappa shape index (κ2) is 4.19. The van der Waals surface area contributed by atoms with Gasteiger partial charge in [-0.1, -0.05) is 6.07 Å². The zero-order valence-electron chi connectivity index (χ0n) is 12.2. The number of pyridine rings is 1. The molecule has 3 atom stereocenters. The van der Waals surface area contributed by atoms with Crippen LogP contribution in [0.1, 0.15) is 49.3 Å². The first-order chi connectivity index (χ1) is 10.3. The van der Waals surface area contributed by atoms with E-state index in [1.807, 2.05) is 12.5 Å². The van der Waals surface area contributed by atoms with Crippen LogP contribution in [0.15, 0.2) is 24.7 Å². The zero-order chi connectivity index (χ0) is 14.0. The Morgan fingerprint density at radius 1 is 1.14 bits per heavy atom. The summed E-state index contributed by atoms with van der Waals surface area (Å²) in [5, 5.41) is 0. The molecule has 0 amide bonds. The fourth-order valence-corrected chi connectivity index (χ4v) is 4.70. The van der Waals surface area contributed by atoms with E-state index in [0.29, 0.717) is 17.6 Å². The Hall–Kier alpha value is -1.64. The third-order valence-electron chi connectivity index (χ3n) is 5.97. The monoisotopic (exact) mass is 280 g/mol. The number of aromatic nitrogens is 2. The highest BCUT2D eigenvalue weighted by atomic mass is 16.1. The standard InChI is InChI=1S/C18H20N2O/c21-18-13-4-3-12(7-13)16(18)8-17-15(11-1-2-11)6-5-14-9-19-10-20(14)17/h5-6,9-13,16H,1-4,7-8H2. The molecular weight excluding hydrogens is 260 g/mol. The van der Waals surface area contributed by atoms with Crippen molar-refractivity contribution in [3.05, 3.63) is 35.9 Å². The number of carbonyl (C=O) groups is 1. The molecule has 108 valence electrons. The predicted molar refractivity (Wildman–Crippen MR) is 80.2 cm³/mol. The van der Waals surface area contributed by atoms with Crippen LogP contribution < -0.4 is 0 Å². The lowest BCUT2D eigenvalue weighted by atomic mass is 9.83. The molecule has 2 aromatic heterocycles. The van der Waals surface area contributed by atoms with Crippen LogP contribution in [0.4, 0.5) is 0 Å². The number of imidazole rings is 1. The summed E-state index contributed by atoms with van der Waals surface area (Å²) in [6.07, 6.45) is 10.9. The topological polar surface area (TPSA) is 34.4 Å². The Kier molecular flexibility index (Phi) is 2.38. The van der Waals surface area contributed by atoms with Gasteiger partial charge in [-0.25, -0.2) is 4.98 Å². The van der Waals surface area contributed by atoms with Gasteiger partial charge in [0.25, 0.3) is 0 Å². The van der Waals surface area contributed by atoms with Crippen molar-refractivity contribution in [3.8, 4) is 0 Å². The van der Waals surface area contributed by atoms with Crippen LogP contribution in [0.5, 0.6) is 0 Å². The average molecular weight is 280 g/mol. The minimum Gasteiger partial charge on any atom is -0.303 e. The van der Waals surface area contributed by atoms with Crippen LogP contribution in [0.2, 0.25) is 0 Å². The number of rotatable bonds is 3. The quantitative estimate of drug-likeness (QED) is 0.864. The molecule has 0 aliphatic heterocycles. The van der Waals surface area contributed by atoms with Gasteiger partial charge in [0, 0.05) is 17.5 Å². The Morgan fingerprint density at radius 2 is 2.00 bits per heavy atom. The minimum atomic E-state index is 0.272. The van der Waals surface area contributed by atoms with Gasteiger partial charge >= 0.3 is 0 Å². The van der Waals surface area contributed by atoms with E-state index >= 15 is 0 Å². The molecule has 0 radical (unpaired) electrons. The number of hydrogen-bond acceptors (Lipinski definition) is 2. The second-order valence-corrected chi connectivity index (χ2v) is 7.18. The van der Waals surface area contributed by atoms with Crippen molar-refractivity contribution >= 4 is 11.3 Å². The predicted octanol–water partition coefficient (Wildman–Crippen LogP) is 3.37. The van der Waals surface area contributed by atoms with Crippen molar-refractivity contribution in [2.75, 3.05) is 0 Å². The Balaban J connectivity index is 1.58. The molecule has 0 aromatic carbocycles. The summed E-state index contributed by atoms with van der Waals surface area (Å²) in [7, 11) is 0. The molecule has 2 aromatic rings. The summed E-state index contributed by atoms with van der Waals surface area (Å²) in [6, 6.07) is 4.45. The van der Waals surface area contributed by atoms with E-state index in [4.69, 9.17) is 0 Å². The normalized spacial score (nSPS) is 31.4. The smallest absolute Gasteiger partial charge is 0.139 e. The van der Waals surface area contributed by atoms with Crippen molar-refractivity contribution in [2.45, 2.75) is 44.4 Å². The van der Waals surface area contributed by atoms with Crippen LogP contribution in [0.3, 0.4) is 0 Å². The lowest BCUT2D eigenvalue weighted by Crippen LogP contribution is -2.25. The molecule has 2 bridgehead atoms. The lowest BCUT2D eigenvalue weighted by molar-refractivity contribution is -0.125. The van der Waals surface area contributed by atoms with E-state index in [2.05, 4.69) is 21.5 Å². The van der Waals surface area contributed by atoms with Gasteiger partial charge in [0.15, 0.2) is 0 Å². The number of hydrogen-bond donors (Lipinski definition) is 0. The van der Waals surface area contributed by atoms with Crippen LogP contribution in [0.25, 0.3) is 5.52 Å². The molecule has 0 saturated heterocycles. The highest BCUT2D eigenvalue weighted by Gasteiger charge is 2.47. The van der Waals surface area contributed by atoms with Gasteiger partial charge in [0.2, 0.25) is 0 Å². The van der Waals surface area contributed by atoms with Crippen LogP contribution >= 0.6 is 0 Å².